The fraction of sp³-hybridized carbons (Fsp3) is 0.667. The highest BCUT2D eigenvalue weighted by molar-refractivity contribution is 6.17. The first kappa shape index (κ1) is 16.5. The number of carbonyl (C=O) groups excluding carboxylic acids is 1. The van der Waals surface area contributed by atoms with Gasteiger partial charge in [0.15, 0.2) is 18.0 Å². The van der Waals surface area contributed by atoms with Crippen molar-refractivity contribution in [3.63, 3.8) is 0 Å². The molecule has 1 amide bonds. The fourth-order valence-corrected chi connectivity index (χ4v) is 2.45. The van der Waals surface area contributed by atoms with E-state index in [0.29, 0.717) is 24.5 Å². The van der Waals surface area contributed by atoms with Crippen LogP contribution in [0, 0.1) is 10.1 Å². The van der Waals surface area contributed by atoms with Gasteiger partial charge in [-0.15, -0.1) is 11.6 Å². The van der Waals surface area contributed by atoms with Crippen LogP contribution in [0.5, 0.6) is 0 Å². The van der Waals surface area contributed by atoms with E-state index >= 15 is 0 Å². The summed E-state index contributed by atoms with van der Waals surface area (Å²) in [6.45, 7) is 2.69. The zero-order valence-corrected chi connectivity index (χ0v) is 13.2. The Morgan fingerprint density at radius 2 is 2.00 bits per heavy atom. The molecule has 1 fully saturated rings. The Hall–Kier alpha value is -1.87. The number of likely N-dealkylation sites (N-methyl/N-ethyl adjacent to an activating group) is 1. The number of halogens is 1. The fourth-order valence-electron chi connectivity index (χ4n) is 2.24. The molecule has 0 aromatic carbocycles. The first-order valence-corrected chi connectivity index (χ1v) is 7.32. The second-order valence-electron chi connectivity index (χ2n) is 5.10. The SMILES string of the molecule is CN1CCN(C(=O)OCc2c(CCl)nc([N+](=O)[O-])n2C)CC1. The minimum atomic E-state index is -0.595. The van der Waals surface area contributed by atoms with E-state index in [1.165, 1.54) is 11.6 Å². The molecule has 0 aliphatic carbocycles. The van der Waals surface area contributed by atoms with E-state index in [2.05, 4.69) is 9.88 Å². The van der Waals surface area contributed by atoms with Crippen molar-refractivity contribution in [3.8, 4) is 0 Å². The third kappa shape index (κ3) is 3.47. The lowest BCUT2D eigenvalue weighted by molar-refractivity contribution is -0.396. The summed E-state index contributed by atoms with van der Waals surface area (Å²) in [4.78, 5) is 29.9. The molecule has 0 spiro atoms. The largest absolute Gasteiger partial charge is 0.441 e. The molecule has 0 N–H and O–H groups in total. The molecule has 2 heterocycles. The second kappa shape index (κ2) is 6.93. The minimum absolute atomic E-state index is 0.0169. The van der Waals surface area contributed by atoms with Gasteiger partial charge in [-0.25, -0.2) is 9.36 Å². The van der Waals surface area contributed by atoms with Crippen LogP contribution in [0.3, 0.4) is 0 Å². The molecule has 22 heavy (non-hydrogen) atoms. The average molecular weight is 332 g/mol. The molecule has 1 aliphatic heterocycles. The van der Waals surface area contributed by atoms with Crippen molar-refractivity contribution in [2.24, 2.45) is 7.05 Å². The van der Waals surface area contributed by atoms with Crippen molar-refractivity contribution in [2.75, 3.05) is 33.2 Å². The minimum Gasteiger partial charge on any atom is -0.441 e. The zero-order chi connectivity index (χ0) is 16.3. The molecule has 1 saturated heterocycles. The summed E-state index contributed by atoms with van der Waals surface area (Å²) in [6.07, 6.45) is -0.433. The summed E-state index contributed by atoms with van der Waals surface area (Å²) >= 11 is 5.75. The Balaban J connectivity index is 2.02. The molecule has 1 aliphatic rings. The summed E-state index contributed by atoms with van der Waals surface area (Å²) in [5.74, 6) is -0.301. The number of aromatic nitrogens is 2. The number of carbonyl (C=O) groups is 1. The molecule has 122 valence electrons. The van der Waals surface area contributed by atoms with Gasteiger partial charge < -0.3 is 24.7 Å². The Kier molecular flexibility index (Phi) is 5.19. The van der Waals surface area contributed by atoms with Gasteiger partial charge in [-0.1, -0.05) is 4.98 Å². The molecule has 0 unspecified atom stereocenters. The first-order valence-electron chi connectivity index (χ1n) is 6.79. The van der Waals surface area contributed by atoms with Crippen LogP contribution in [0.15, 0.2) is 0 Å². The van der Waals surface area contributed by atoms with Gasteiger partial charge in [0.1, 0.15) is 0 Å². The monoisotopic (exact) mass is 331 g/mol. The molecule has 0 atom stereocenters. The molecular weight excluding hydrogens is 314 g/mol. The number of rotatable bonds is 4. The quantitative estimate of drug-likeness (QED) is 0.463. The lowest BCUT2D eigenvalue weighted by atomic mass is 10.3. The van der Waals surface area contributed by atoms with Crippen LogP contribution in [0.25, 0.3) is 0 Å². The van der Waals surface area contributed by atoms with Crippen molar-refractivity contribution in [2.45, 2.75) is 12.5 Å². The number of imidazole rings is 1. The van der Waals surface area contributed by atoms with Crippen LogP contribution in [0.1, 0.15) is 11.4 Å². The van der Waals surface area contributed by atoms with E-state index in [-0.39, 0.29) is 18.4 Å². The van der Waals surface area contributed by atoms with Gasteiger partial charge in [-0.05, 0) is 12.0 Å². The number of piperazine rings is 1. The number of amides is 1. The van der Waals surface area contributed by atoms with E-state index < -0.39 is 11.0 Å². The van der Waals surface area contributed by atoms with Crippen molar-refractivity contribution in [1.29, 1.82) is 0 Å². The van der Waals surface area contributed by atoms with E-state index in [0.717, 1.165) is 13.1 Å². The molecule has 1 aromatic rings. The molecule has 0 saturated carbocycles. The van der Waals surface area contributed by atoms with Crippen LogP contribution < -0.4 is 0 Å². The van der Waals surface area contributed by atoms with Crippen molar-refractivity contribution in [1.82, 2.24) is 19.4 Å². The van der Waals surface area contributed by atoms with E-state index in [9.17, 15) is 14.9 Å². The highest BCUT2D eigenvalue weighted by Crippen LogP contribution is 2.19. The van der Waals surface area contributed by atoms with Crippen LogP contribution in [0.4, 0.5) is 10.7 Å². The Bertz CT molecular complexity index is 568. The third-order valence-electron chi connectivity index (χ3n) is 3.66. The predicted octanol–water partition coefficient (Wildman–Crippen LogP) is 0.951. The summed E-state index contributed by atoms with van der Waals surface area (Å²) in [7, 11) is 3.49. The average Bonchev–Trinajstić information content (AvgIpc) is 2.82. The van der Waals surface area contributed by atoms with Crippen LogP contribution in [-0.4, -0.2) is 63.6 Å². The molecule has 0 radical (unpaired) electrons. The highest BCUT2D eigenvalue weighted by Gasteiger charge is 2.26. The zero-order valence-electron chi connectivity index (χ0n) is 12.5. The predicted molar refractivity (Wildman–Crippen MR) is 78.7 cm³/mol. The van der Waals surface area contributed by atoms with Gasteiger partial charge >= 0.3 is 12.0 Å². The van der Waals surface area contributed by atoms with E-state index in [1.54, 1.807) is 4.90 Å². The summed E-state index contributed by atoms with van der Waals surface area (Å²) in [5.41, 5.74) is 0.784. The lowest BCUT2D eigenvalue weighted by Crippen LogP contribution is -2.47. The number of nitro groups is 1. The number of hydrogen-bond donors (Lipinski definition) is 0. The van der Waals surface area contributed by atoms with Crippen LogP contribution in [-0.2, 0) is 24.3 Å². The van der Waals surface area contributed by atoms with Gasteiger partial charge in [0.05, 0.1) is 12.9 Å². The Morgan fingerprint density at radius 1 is 1.36 bits per heavy atom. The van der Waals surface area contributed by atoms with E-state index in [4.69, 9.17) is 16.3 Å². The van der Waals surface area contributed by atoms with Gasteiger partial charge in [0, 0.05) is 26.2 Å². The summed E-state index contributed by atoms with van der Waals surface area (Å²) in [5, 5.41) is 10.9. The molecule has 0 bridgehead atoms. The van der Waals surface area contributed by atoms with Crippen LogP contribution >= 0.6 is 11.6 Å². The number of hydrogen-bond acceptors (Lipinski definition) is 6. The molecular formula is C12H18ClN5O4. The molecule has 9 nitrogen and oxygen atoms in total. The van der Waals surface area contributed by atoms with E-state index in [1.807, 2.05) is 7.05 Å². The maximum atomic E-state index is 12.0. The summed E-state index contributed by atoms with van der Waals surface area (Å²) in [6, 6.07) is 0. The van der Waals surface area contributed by atoms with Gasteiger partial charge in [-0.3, -0.25) is 0 Å². The topological polar surface area (TPSA) is 93.7 Å². The molecule has 2 rings (SSSR count). The van der Waals surface area contributed by atoms with Crippen molar-refractivity contribution in [3.05, 3.63) is 21.5 Å². The summed E-state index contributed by atoms with van der Waals surface area (Å²) < 4.78 is 6.53. The maximum absolute atomic E-state index is 12.0. The Labute approximate surface area is 132 Å². The van der Waals surface area contributed by atoms with Gasteiger partial charge in [0.25, 0.3) is 0 Å². The Morgan fingerprint density at radius 3 is 2.55 bits per heavy atom. The van der Waals surface area contributed by atoms with Crippen molar-refractivity contribution >= 4 is 23.6 Å². The number of alkyl halides is 1. The first-order chi connectivity index (χ1) is 10.4. The van der Waals surface area contributed by atoms with Gasteiger partial charge in [-0.2, -0.15) is 0 Å². The smallest absolute Gasteiger partial charge is 0.435 e. The number of ether oxygens (including phenoxy) is 1. The third-order valence-corrected chi connectivity index (χ3v) is 3.91. The van der Waals surface area contributed by atoms with Crippen LogP contribution in [0.2, 0.25) is 0 Å². The molecule has 10 heteroatoms. The number of nitrogens with zero attached hydrogens (tertiary/aromatic N) is 5. The lowest BCUT2D eigenvalue weighted by Gasteiger charge is -2.31. The highest BCUT2D eigenvalue weighted by atomic mass is 35.5. The van der Waals surface area contributed by atoms with Gasteiger partial charge in [0.2, 0.25) is 0 Å². The normalized spacial score (nSPS) is 15.9. The molecule has 1 aromatic heterocycles. The maximum Gasteiger partial charge on any atom is 0.435 e. The second-order valence-corrected chi connectivity index (χ2v) is 5.37. The standard InChI is InChI=1S/C12H18ClN5O4/c1-15-3-5-17(6-4-15)12(19)22-8-10-9(7-13)14-11(16(10)2)18(20)21/h3-8H2,1-2H3. The van der Waals surface area contributed by atoms with Crippen molar-refractivity contribution < 1.29 is 14.5 Å².